The number of nitrogens with zero attached hydrogens (tertiary/aromatic N) is 4. The Kier molecular flexibility index (Phi) is 4.50. The summed E-state index contributed by atoms with van der Waals surface area (Å²) in [5.41, 5.74) is 2.22. The van der Waals surface area contributed by atoms with Crippen LogP contribution in [0.15, 0.2) is 55.0 Å². The SMILES string of the molecule is CN(C[C@@H]1COc2ccccc2O1)C(=O)c1ccc(-c2cnn(C)c2)nc1. The summed E-state index contributed by atoms with van der Waals surface area (Å²) in [6, 6.07) is 11.1. The van der Waals surface area contributed by atoms with Crippen molar-refractivity contribution < 1.29 is 14.3 Å². The normalized spacial score (nSPS) is 15.4. The predicted molar refractivity (Wildman–Crippen MR) is 99.8 cm³/mol. The molecule has 138 valence electrons. The van der Waals surface area contributed by atoms with Crippen LogP contribution in [0.25, 0.3) is 11.3 Å². The second kappa shape index (κ2) is 7.11. The minimum Gasteiger partial charge on any atom is -0.486 e. The monoisotopic (exact) mass is 364 g/mol. The van der Waals surface area contributed by atoms with Crippen molar-refractivity contribution in [3.8, 4) is 22.8 Å². The second-order valence-electron chi connectivity index (χ2n) is 6.52. The van der Waals surface area contributed by atoms with E-state index in [0.717, 1.165) is 17.0 Å². The molecule has 0 fully saturated rings. The smallest absolute Gasteiger partial charge is 0.255 e. The predicted octanol–water partition coefficient (Wildman–Crippen LogP) is 2.39. The number of hydrogen-bond donors (Lipinski definition) is 0. The third kappa shape index (κ3) is 3.62. The Hall–Kier alpha value is -3.35. The van der Waals surface area contributed by atoms with Crippen molar-refractivity contribution >= 4 is 5.91 Å². The molecule has 0 saturated carbocycles. The maximum atomic E-state index is 12.7. The largest absolute Gasteiger partial charge is 0.486 e. The molecule has 1 aliphatic heterocycles. The quantitative estimate of drug-likeness (QED) is 0.711. The number of carbonyl (C=O) groups excluding carboxylic acids is 1. The summed E-state index contributed by atoms with van der Waals surface area (Å²) < 4.78 is 13.3. The van der Waals surface area contributed by atoms with Gasteiger partial charge in [0.25, 0.3) is 5.91 Å². The van der Waals surface area contributed by atoms with Gasteiger partial charge in [-0.15, -0.1) is 0 Å². The van der Waals surface area contributed by atoms with Crippen LogP contribution in [-0.4, -0.2) is 51.9 Å². The second-order valence-corrected chi connectivity index (χ2v) is 6.52. The van der Waals surface area contributed by atoms with E-state index >= 15 is 0 Å². The fourth-order valence-corrected chi connectivity index (χ4v) is 3.01. The Morgan fingerprint density at radius 3 is 2.74 bits per heavy atom. The molecule has 1 atom stereocenters. The van der Waals surface area contributed by atoms with Crippen LogP contribution in [0.2, 0.25) is 0 Å². The summed E-state index contributed by atoms with van der Waals surface area (Å²) in [7, 11) is 3.60. The zero-order valence-electron chi connectivity index (χ0n) is 15.2. The van der Waals surface area contributed by atoms with Gasteiger partial charge >= 0.3 is 0 Å². The molecule has 2 aromatic heterocycles. The van der Waals surface area contributed by atoms with Crippen LogP contribution in [0.3, 0.4) is 0 Å². The third-order valence-corrected chi connectivity index (χ3v) is 4.40. The van der Waals surface area contributed by atoms with E-state index in [1.54, 1.807) is 35.1 Å². The van der Waals surface area contributed by atoms with Gasteiger partial charge < -0.3 is 14.4 Å². The minimum atomic E-state index is -0.212. The van der Waals surface area contributed by atoms with Crippen LogP contribution >= 0.6 is 0 Å². The standard InChI is InChI=1S/C20H20N4O3/c1-23(12-16-13-26-18-5-3-4-6-19(18)27-16)20(25)14-7-8-17(21-9-14)15-10-22-24(2)11-15/h3-11,16H,12-13H2,1-2H3/t16-/m1/s1. The highest BCUT2D eigenvalue weighted by Gasteiger charge is 2.24. The highest BCUT2D eigenvalue weighted by atomic mass is 16.6. The number of amides is 1. The van der Waals surface area contributed by atoms with Gasteiger partial charge in [-0.2, -0.15) is 5.10 Å². The average Bonchev–Trinajstić information content (AvgIpc) is 3.14. The fraction of sp³-hybridized carbons (Fsp3) is 0.250. The van der Waals surface area contributed by atoms with Crippen molar-refractivity contribution in [2.24, 2.45) is 7.05 Å². The first-order valence-corrected chi connectivity index (χ1v) is 8.69. The van der Waals surface area contributed by atoms with Gasteiger partial charge in [0.15, 0.2) is 17.6 Å². The molecule has 27 heavy (non-hydrogen) atoms. The molecule has 1 aliphatic rings. The van der Waals surface area contributed by atoms with Crippen molar-refractivity contribution in [2.75, 3.05) is 20.2 Å². The number of para-hydroxylation sites is 2. The van der Waals surface area contributed by atoms with E-state index in [1.165, 1.54) is 0 Å². The minimum absolute atomic E-state index is 0.109. The van der Waals surface area contributed by atoms with Crippen molar-refractivity contribution in [2.45, 2.75) is 6.10 Å². The van der Waals surface area contributed by atoms with Crippen molar-refractivity contribution in [3.63, 3.8) is 0 Å². The first-order valence-electron chi connectivity index (χ1n) is 8.69. The summed E-state index contributed by atoms with van der Waals surface area (Å²) in [6.45, 7) is 0.838. The van der Waals surface area contributed by atoms with Crippen LogP contribution in [0.4, 0.5) is 0 Å². The lowest BCUT2D eigenvalue weighted by Crippen LogP contribution is -2.41. The zero-order valence-corrected chi connectivity index (χ0v) is 15.2. The summed E-state index contributed by atoms with van der Waals surface area (Å²) in [4.78, 5) is 18.7. The van der Waals surface area contributed by atoms with Gasteiger partial charge in [0, 0.05) is 32.1 Å². The zero-order chi connectivity index (χ0) is 18.8. The number of ether oxygens (including phenoxy) is 2. The van der Waals surface area contributed by atoms with Crippen LogP contribution in [-0.2, 0) is 7.05 Å². The molecule has 7 heteroatoms. The lowest BCUT2D eigenvalue weighted by molar-refractivity contribution is 0.0520. The maximum Gasteiger partial charge on any atom is 0.255 e. The summed E-state index contributed by atoms with van der Waals surface area (Å²) in [5, 5.41) is 4.14. The van der Waals surface area contributed by atoms with Crippen LogP contribution in [0.5, 0.6) is 11.5 Å². The Labute approximate surface area is 157 Å². The molecule has 0 spiro atoms. The molecule has 0 unspecified atom stereocenters. The molecule has 0 radical (unpaired) electrons. The van der Waals surface area contributed by atoms with Crippen LogP contribution in [0, 0.1) is 0 Å². The molecule has 0 aliphatic carbocycles. The Morgan fingerprint density at radius 2 is 2.04 bits per heavy atom. The number of carbonyl (C=O) groups is 1. The summed E-state index contributed by atoms with van der Waals surface area (Å²) >= 11 is 0. The molecule has 0 bridgehead atoms. The van der Waals surface area contributed by atoms with Gasteiger partial charge in [0.05, 0.1) is 24.0 Å². The van der Waals surface area contributed by atoms with E-state index in [1.807, 2.05) is 43.6 Å². The number of pyridine rings is 1. The third-order valence-electron chi connectivity index (χ3n) is 4.40. The number of aromatic nitrogens is 3. The first-order chi connectivity index (χ1) is 13.1. The molecule has 1 aromatic carbocycles. The first kappa shape index (κ1) is 17.1. The highest BCUT2D eigenvalue weighted by molar-refractivity contribution is 5.94. The van der Waals surface area contributed by atoms with Gasteiger partial charge in [-0.1, -0.05) is 12.1 Å². The van der Waals surface area contributed by atoms with Gasteiger partial charge in [-0.25, -0.2) is 0 Å². The molecule has 3 heterocycles. The van der Waals surface area contributed by atoms with Crippen molar-refractivity contribution in [3.05, 3.63) is 60.6 Å². The maximum absolute atomic E-state index is 12.7. The Morgan fingerprint density at radius 1 is 1.22 bits per heavy atom. The molecule has 1 amide bonds. The average molecular weight is 364 g/mol. The molecule has 0 saturated heterocycles. The van der Waals surface area contributed by atoms with Gasteiger partial charge in [0.1, 0.15) is 6.61 Å². The van der Waals surface area contributed by atoms with Crippen LogP contribution in [0.1, 0.15) is 10.4 Å². The molecule has 4 rings (SSSR count). The number of rotatable bonds is 4. The Bertz CT molecular complexity index is 952. The number of aryl methyl sites for hydroxylation is 1. The highest BCUT2D eigenvalue weighted by Crippen LogP contribution is 2.31. The van der Waals surface area contributed by atoms with E-state index in [-0.39, 0.29) is 12.0 Å². The van der Waals surface area contributed by atoms with Crippen molar-refractivity contribution in [1.29, 1.82) is 0 Å². The number of fused-ring (bicyclic) bond motifs is 1. The van der Waals surface area contributed by atoms with E-state index < -0.39 is 0 Å². The van der Waals surface area contributed by atoms with E-state index in [0.29, 0.717) is 24.5 Å². The van der Waals surface area contributed by atoms with Gasteiger partial charge in [-0.3, -0.25) is 14.5 Å². The van der Waals surface area contributed by atoms with Gasteiger partial charge in [0.2, 0.25) is 0 Å². The summed E-state index contributed by atoms with van der Waals surface area (Å²) in [5.74, 6) is 1.33. The fourth-order valence-electron chi connectivity index (χ4n) is 3.01. The van der Waals surface area contributed by atoms with Crippen LogP contribution < -0.4 is 9.47 Å². The van der Waals surface area contributed by atoms with E-state index in [9.17, 15) is 4.79 Å². The number of benzene rings is 1. The van der Waals surface area contributed by atoms with E-state index in [2.05, 4.69) is 10.1 Å². The molecular weight excluding hydrogens is 344 g/mol. The molecule has 7 nitrogen and oxygen atoms in total. The molecule has 0 N–H and O–H groups in total. The molecule has 3 aromatic rings. The topological polar surface area (TPSA) is 69.5 Å². The molecular formula is C20H20N4O3. The Balaban J connectivity index is 1.40. The van der Waals surface area contributed by atoms with Gasteiger partial charge in [-0.05, 0) is 24.3 Å². The number of likely N-dealkylation sites (N-methyl/N-ethyl adjacent to an activating group) is 1. The summed E-state index contributed by atoms with van der Waals surface area (Å²) in [6.07, 6.45) is 5.01. The number of hydrogen-bond acceptors (Lipinski definition) is 5. The lowest BCUT2D eigenvalue weighted by Gasteiger charge is -2.29. The van der Waals surface area contributed by atoms with Crippen molar-refractivity contribution in [1.82, 2.24) is 19.7 Å². The van der Waals surface area contributed by atoms with E-state index in [4.69, 9.17) is 9.47 Å². The lowest BCUT2D eigenvalue weighted by atomic mass is 10.2.